The van der Waals surface area contributed by atoms with Gasteiger partial charge in [0.25, 0.3) is 0 Å². The van der Waals surface area contributed by atoms with Crippen LogP contribution in [0.2, 0.25) is 0 Å². The van der Waals surface area contributed by atoms with Crippen LogP contribution >= 0.6 is 0 Å². The topological polar surface area (TPSA) is 46.2 Å². The van der Waals surface area contributed by atoms with Gasteiger partial charge < -0.3 is 10.8 Å². The van der Waals surface area contributed by atoms with Crippen LogP contribution in [0.3, 0.4) is 0 Å². The van der Waals surface area contributed by atoms with E-state index in [-0.39, 0.29) is 0 Å². The molecule has 0 aliphatic carbocycles. The van der Waals surface area contributed by atoms with E-state index in [1.165, 1.54) is 0 Å². The standard InChI is InChI=1S/C11H25NO/c1-4-10(5-2)11(13,6-3)8-7-9-12/h10,13H,4-9,12H2,1-3H3. The maximum atomic E-state index is 10.4. The Labute approximate surface area is 82.5 Å². The van der Waals surface area contributed by atoms with Gasteiger partial charge in [-0.15, -0.1) is 0 Å². The fourth-order valence-corrected chi connectivity index (χ4v) is 2.13. The summed E-state index contributed by atoms with van der Waals surface area (Å²) in [5.41, 5.74) is 4.99. The predicted octanol–water partition coefficient (Wildman–Crippen LogP) is 2.30. The molecule has 80 valence electrons. The maximum absolute atomic E-state index is 10.4. The van der Waals surface area contributed by atoms with Crippen LogP contribution < -0.4 is 5.73 Å². The number of hydrogen-bond donors (Lipinski definition) is 2. The van der Waals surface area contributed by atoms with Crippen molar-refractivity contribution in [3.8, 4) is 0 Å². The third kappa shape index (κ3) is 3.65. The number of rotatable bonds is 7. The zero-order chi connectivity index (χ0) is 10.3. The van der Waals surface area contributed by atoms with Crippen molar-refractivity contribution in [3.05, 3.63) is 0 Å². The van der Waals surface area contributed by atoms with E-state index in [1.54, 1.807) is 0 Å². The Balaban J connectivity index is 4.21. The molecule has 0 bridgehead atoms. The second-order valence-electron chi connectivity index (χ2n) is 3.86. The highest BCUT2D eigenvalue weighted by Gasteiger charge is 2.31. The average molecular weight is 187 g/mol. The van der Waals surface area contributed by atoms with E-state index >= 15 is 0 Å². The first-order chi connectivity index (χ1) is 6.14. The molecule has 0 aliphatic heterocycles. The Bertz CT molecular complexity index is 123. The lowest BCUT2D eigenvalue weighted by Crippen LogP contribution is -2.37. The highest BCUT2D eigenvalue weighted by atomic mass is 16.3. The third-order valence-corrected chi connectivity index (χ3v) is 3.17. The van der Waals surface area contributed by atoms with Gasteiger partial charge in [0.1, 0.15) is 0 Å². The van der Waals surface area contributed by atoms with Gasteiger partial charge in [0.15, 0.2) is 0 Å². The molecule has 0 aromatic carbocycles. The Morgan fingerprint density at radius 3 is 2.08 bits per heavy atom. The molecule has 0 heterocycles. The average Bonchev–Trinajstić information content (AvgIpc) is 2.16. The summed E-state index contributed by atoms with van der Waals surface area (Å²) in [5, 5.41) is 10.4. The Kier molecular flexibility index (Phi) is 6.35. The molecule has 3 N–H and O–H groups in total. The third-order valence-electron chi connectivity index (χ3n) is 3.17. The Morgan fingerprint density at radius 1 is 1.23 bits per heavy atom. The number of hydrogen-bond acceptors (Lipinski definition) is 2. The van der Waals surface area contributed by atoms with Crippen LogP contribution in [-0.2, 0) is 0 Å². The van der Waals surface area contributed by atoms with Crippen molar-refractivity contribution in [2.75, 3.05) is 6.54 Å². The van der Waals surface area contributed by atoms with E-state index in [9.17, 15) is 5.11 Å². The van der Waals surface area contributed by atoms with Gasteiger partial charge in [0.05, 0.1) is 5.60 Å². The van der Waals surface area contributed by atoms with E-state index < -0.39 is 5.60 Å². The number of aliphatic hydroxyl groups is 1. The van der Waals surface area contributed by atoms with Gasteiger partial charge in [-0.2, -0.15) is 0 Å². The summed E-state index contributed by atoms with van der Waals surface area (Å²) >= 11 is 0. The molecule has 13 heavy (non-hydrogen) atoms. The summed E-state index contributed by atoms with van der Waals surface area (Å²) in [6.07, 6.45) is 4.75. The minimum Gasteiger partial charge on any atom is -0.390 e. The van der Waals surface area contributed by atoms with Gasteiger partial charge in [-0.3, -0.25) is 0 Å². The molecule has 0 fully saturated rings. The summed E-state index contributed by atoms with van der Waals surface area (Å²) in [6, 6.07) is 0. The molecular weight excluding hydrogens is 162 g/mol. The van der Waals surface area contributed by atoms with E-state index in [1.807, 2.05) is 0 Å². The summed E-state index contributed by atoms with van der Waals surface area (Å²) < 4.78 is 0. The highest BCUT2D eigenvalue weighted by Crippen LogP contribution is 2.31. The smallest absolute Gasteiger partial charge is 0.0673 e. The predicted molar refractivity (Wildman–Crippen MR) is 57.6 cm³/mol. The highest BCUT2D eigenvalue weighted by molar-refractivity contribution is 4.83. The fraction of sp³-hybridized carbons (Fsp3) is 1.00. The zero-order valence-electron chi connectivity index (χ0n) is 9.34. The second-order valence-corrected chi connectivity index (χ2v) is 3.86. The van der Waals surface area contributed by atoms with Crippen LogP contribution in [0.5, 0.6) is 0 Å². The van der Waals surface area contributed by atoms with E-state index in [2.05, 4.69) is 20.8 Å². The van der Waals surface area contributed by atoms with Gasteiger partial charge in [-0.05, 0) is 31.7 Å². The van der Waals surface area contributed by atoms with Crippen molar-refractivity contribution in [2.45, 2.75) is 58.5 Å². The SMILES string of the molecule is CCC(CC)C(O)(CC)CCCN. The summed E-state index contributed by atoms with van der Waals surface area (Å²) in [7, 11) is 0. The van der Waals surface area contributed by atoms with E-state index in [0.29, 0.717) is 12.5 Å². The molecule has 2 nitrogen and oxygen atoms in total. The molecule has 0 amide bonds. The molecule has 0 rings (SSSR count). The van der Waals surface area contributed by atoms with Crippen LogP contribution in [0, 0.1) is 5.92 Å². The van der Waals surface area contributed by atoms with Crippen molar-refractivity contribution in [1.82, 2.24) is 0 Å². The molecule has 0 aromatic rings. The van der Waals surface area contributed by atoms with Gasteiger partial charge in [-0.1, -0.05) is 33.6 Å². The minimum absolute atomic E-state index is 0.434. The van der Waals surface area contributed by atoms with Crippen LogP contribution in [0.4, 0.5) is 0 Å². The molecular formula is C11H25NO. The molecule has 0 radical (unpaired) electrons. The van der Waals surface area contributed by atoms with Gasteiger partial charge in [0, 0.05) is 0 Å². The summed E-state index contributed by atoms with van der Waals surface area (Å²) in [5.74, 6) is 0.434. The Morgan fingerprint density at radius 2 is 1.77 bits per heavy atom. The minimum atomic E-state index is -0.469. The van der Waals surface area contributed by atoms with Crippen molar-refractivity contribution in [2.24, 2.45) is 11.7 Å². The second kappa shape index (κ2) is 6.39. The monoisotopic (exact) mass is 187 g/mol. The first-order valence-corrected chi connectivity index (χ1v) is 5.57. The lowest BCUT2D eigenvalue weighted by atomic mass is 9.78. The zero-order valence-corrected chi connectivity index (χ0v) is 9.34. The summed E-state index contributed by atoms with van der Waals surface area (Å²) in [4.78, 5) is 0. The molecule has 0 spiro atoms. The lowest BCUT2D eigenvalue weighted by Gasteiger charge is -2.34. The van der Waals surface area contributed by atoms with Crippen molar-refractivity contribution in [1.29, 1.82) is 0 Å². The molecule has 0 saturated carbocycles. The van der Waals surface area contributed by atoms with Crippen LogP contribution in [0.25, 0.3) is 0 Å². The Hall–Kier alpha value is -0.0800. The molecule has 2 heteroatoms. The molecule has 0 saturated heterocycles. The van der Waals surface area contributed by atoms with Crippen LogP contribution in [-0.4, -0.2) is 17.3 Å². The van der Waals surface area contributed by atoms with Gasteiger partial charge >= 0.3 is 0 Å². The maximum Gasteiger partial charge on any atom is 0.0673 e. The number of nitrogens with two attached hydrogens (primary N) is 1. The normalized spacial score (nSPS) is 16.2. The molecule has 1 unspecified atom stereocenters. The molecule has 0 aliphatic rings. The molecule has 0 aromatic heterocycles. The van der Waals surface area contributed by atoms with Gasteiger partial charge in [-0.25, -0.2) is 0 Å². The van der Waals surface area contributed by atoms with Crippen molar-refractivity contribution in [3.63, 3.8) is 0 Å². The lowest BCUT2D eigenvalue weighted by molar-refractivity contribution is -0.0339. The van der Waals surface area contributed by atoms with E-state index in [0.717, 1.165) is 32.1 Å². The van der Waals surface area contributed by atoms with Crippen LogP contribution in [0.1, 0.15) is 52.9 Å². The van der Waals surface area contributed by atoms with Crippen LogP contribution in [0.15, 0.2) is 0 Å². The van der Waals surface area contributed by atoms with Gasteiger partial charge in [0.2, 0.25) is 0 Å². The quantitative estimate of drug-likeness (QED) is 0.642. The molecule has 1 atom stereocenters. The fourth-order valence-electron chi connectivity index (χ4n) is 2.13. The van der Waals surface area contributed by atoms with E-state index in [4.69, 9.17) is 5.73 Å². The van der Waals surface area contributed by atoms with Crippen molar-refractivity contribution >= 4 is 0 Å². The largest absolute Gasteiger partial charge is 0.390 e. The first-order valence-electron chi connectivity index (χ1n) is 5.57. The van der Waals surface area contributed by atoms with Crippen molar-refractivity contribution < 1.29 is 5.11 Å². The summed E-state index contributed by atoms with van der Waals surface area (Å²) in [6.45, 7) is 7.05. The first kappa shape index (κ1) is 12.9.